The van der Waals surface area contributed by atoms with Crippen LogP contribution in [0.25, 0.3) is 0 Å². The summed E-state index contributed by atoms with van der Waals surface area (Å²) in [5.74, 6) is 0.591. The van der Waals surface area contributed by atoms with Crippen LogP contribution in [0, 0.1) is 5.41 Å². The van der Waals surface area contributed by atoms with E-state index < -0.39 is 0 Å². The summed E-state index contributed by atoms with van der Waals surface area (Å²) in [6.45, 7) is 5.11. The fourth-order valence-corrected chi connectivity index (χ4v) is 2.25. The number of nitrogens with two attached hydrogens (primary N) is 1. The third-order valence-electron chi connectivity index (χ3n) is 3.97. The summed E-state index contributed by atoms with van der Waals surface area (Å²) >= 11 is 0. The maximum absolute atomic E-state index is 5.92. The number of aliphatic imine (C=N–C) groups is 1. The first kappa shape index (κ1) is 17.3. The number of nitrogens with one attached hydrogen (secondary N) is 1. The maximum atomic E-state index is 5.92. The van der Waals surface area contributed by atoms with Gasteiger partial charge in [0.25, 0.3) is 0 Å². The van der Waals surface area contributed by atoms with Crippen molar-refractivity contribution in [2.75, 3.05) is 6.54 Å². The molecule has 1 saturated carbocycles. The molecule has 1 fully saturated rings. The highest BCUT2D eigenvalue weighted by Gasteiger charge is 2.42. The predicted octanol–water partition coefficient (Wildman–Crippen LogP) is 3.33. The minimum atomic E-state index is 0. The van der Waals surface area contributed by atoms with E-state index in [9.17, 15) is 0 Å². The van der Waals surface area contributed by atoms with Gasteiger partial charge in [-0.2, -0.15) is 0 Å². The van der Waals surface area contributed by atoms with Gasteiger partial charge in [-0.1, -0.05) is 37.3 Å². The standard InChI is InChI=1S/C16H25N3.HI/c1-3-13(2)19-15(17)18-12-16(9-10-16)11-14-7-5-4-6-8-14;/h4-8,13H,3,9-12H2,1-2H3,(H3,17,18,19);1H. The Balaban J connectivity index is 0.00000200. The molecule has 3 N–H and O–H groups in total. The first-order valence-corrected chi connectivity index (χ1v) is 7.24. The number of benzene rings is 1. The predicted molar refractivity (Wildman–Crippen MR) is 96.6 cm³/mol. The normalized spacial score (nSPS) is 18.0. The minimum absolute atomic E-state index is 0. The lowest BCUT2D eigenvalue weighted by atomic mass is 9.97. The molecule has 0 spiro atoms. The lowest BCUT2D eigenvalue weighted by Crippen LogP contribution is -2.38. The molecule has 3 nitrogen and oxygen atoms in total. The molecule has 0 saturated heterocycles. The molecule has 1 aromatic rings. The molecule has 1 aliphatic rings. The van der Waals surface area contributed by atoms with E-state index in [0.29, 0.717) is 17.4 Å². The first-order chi connectivity index (χ1) is 9.13. The van der Waals surface area contributed by atoms with Crippen molar-refractivity contribution in [3.05, 3.63) is 35.9 Å². The van der Waals surface area contributed by atoms with Gasteiger partial charge in [0.1, 0.15) is 0 Å². The lowest BCUT2D eigenvalue weighted by molar-refractivity contribution is 0.519. The Kier molecular flexibility index (Phi) is 6.79. The van der Waals surface area contributed by atoms with Crippen LogP contribution >= 0.6 is 24.0 Å². The molecule has 0 heterocycles. The van der Waals surface area contributed by atoms with E-state index in [4.69, 9.17) is 5.73 Å². The second-order valence-electron chi connectivity index (χ2n) is 5.82. The lowest BCUT2D eigenvalue weighted by Gasteiger charge is -2.15. The summed E-state index contributed by atoms with van der Waals surface area (Å²) in [7, 11) is 0. The number of guanidine groups is 1. The van der Waals surface area contributed by atoms with E-state index in [0.717, 1.165) is 19.4 Å². The van der Waals surface area contributed by atoms with Crippen LogP contribution in [-0.4, -0.2) is 18.5 Å². The van der Waals surface area contributed by atoms with Gasteiger partial charge in [0.2, 0.25) is 0 Å². The van der Waals surface area contributed by atoms with E-state index in [2.05, 4.69) is 54.5 Å². The third kappa shape index (κ3) is 5.31. The van der Waals surface area contributed by atoms with E-state index in [1.165, 1.54) is 18.4 Å². The van der Waals surface area contributed by atoms with Crippen molar-refractivity contribution in [3.63, 3.8) is 0 Å². The largest absolute Gasteiger partial charge is 0.370 e. The van der Waals surface area contributed by atoms with Crippen LogP contribution in [0.15, 0.2) is 35.3 Å². The van der Waals surface area contributed by atoms with Crippen LogP contribution in [0.1, 0.15) is 38.7 Å². The second kappa shape index (κ2) is 7.86. The Hall–Kier alpha value is -0.780. The molecule has 0 amide bonds. The Morgan fingerprint density at radius 3 is 2.55 bits per heavy atom. The molecule has 0 aromatic heterocycles. The van der Waals surface area contributed by atoms with Gasteiger partial charge in [-0.25, -0.2) is 0 Å². The smallest absolute Gasteiger partial charge is 0.188 e. The molecular weight excluding hydrogens is 361 g/mol. The van der Waals surface area contributed by atoms with Crippen LogP contribution < -0.4 is 11.1 Å². The Morgan fingerprint density at radius 2 is 2.00 bits per heavy atom. The summed E-state index contributed by atoms with van der Waals surface area (Å²) in [4.78, 5) is 4.53. The highest BCUT2D eigenvalue weighted by atomic mass is 127. The number of nitrogens with zero attached hydrogens (tertiary/aromatic N) is 1. The topological polar surface area (TPSA) is 50.4 Å². The van der Waals surface area contributed by atoms with Crippen LogP contribution in [0.2, 0.25) is 0 Å². The van der Waals surface area contributed by atoms with Crippen molar-refractivity contribution in [2.24, 2.45) is 16.1 Å². The highest BCUT2D eigenvalue weighted by Crippen LogP contribution is 2.48. The molecule has 20 heavy (non-hydrogen) atoms. The van der Waals surface area contributed by atoms with E-state index in [1.54, 1.807) is 0 Å². The molecule has 112 valence electrons. The zero-order valence-corrected chi connectivity index (χ0v) is 14.8. The number of halogens is 1. The van der Waals surface area contributed by atoms with Gasteiger partial charge in [-0.3, -0.25) is 4.99 Å². The zero-order valence-electron chi connectivity index (χ0n) is 12.4. The number of rotatable bonds is 6. The van der Waals surface area contributed by atoms with Gasteiger partial charge >= 0.3 is 0 Å². The quantitative estimate of drug-likeness (QED) is 0.447. The zero-order chi connectivity index (χ0) is 13.7. The maximum Gasteiger partial charge on any atom is 0.188 e. The van der Waals surface area contributed by atoms with Crippen LogP contribution in [0.3, 0.4) is 0 Å². The van der Waals surface area contributed by atoms with Crippen LogP contribution in [0.4, 0.5) is 0 Å². The summed E-state index contributed by atoms with van der Waals surface area (Å²) in [5, 5.41) is 3.22. The molecule has 1 aromatic carbocycles. The summed E-state index contributed by atoms with van der Waals surface area (Å²) in [5.41, 5.74) is 7.69. The van der Waals surface area contributed by atoms with Crippen molar-refractivity contribution in [1.29, 1.82) is 0 Å². The average molecular weight is 387 g/mol. The summed E-state index contributed by atoms with van der Waals surface area (Å²) < 4.78 is 0. The van der Waals surface area contributed by atoms with Crippen molar-refractivity contribution in [3.8, 4) is 0 Å². The SMILES string of the molecule is CCC(C)NC(N)=NCC1(Cc2ccccc2)CC1.I. The molecule has 0 aliphatic heterocycles. The van der Waals surface area contributed by atoms with Crippen LogP contribution in [-0.2, 0) is 6.42 Å². The molecule has 1 unspecified atom stereocenters. The van der Waals surface area contributed by atoms with Gasteiger partial charge < -0.3 is 11.1 Å². The Morgan fingerprint density at radius 1 is 1.35 bits per heavy atom. The van der Waals surface area contributed by atoms with Crippen molar-refractivity contribution in [2.45, 2.75) is 45.6 Å². The van der Waals surface area contributed by atoms with Gasteiger partial charge in [0.15, 0.2) is 5.96 Å². The fourth-order valence-electron chi connectivity index (χ4n) is 2.25. The molecule has 4 heteroatoms. The van der Waals surface area contributed by atoms with Crippen LogP contribution in [0.5, 0.6) is 0 Å². The fraction of sp³-hybridized carbons (Fsp3) is 0.562. The third-order valence-corrected chi connectivity index (χ3v) is 3.97. The molecule has 1 aliphatic carbocycles. The summed E-state index contributed by atoms with van der Waals surface area (Å²) in [6.07, 6.45) is 4.71. The Labute approximate surface area is 139 Å². The Bertz CT molecular complexity index is 427. The molecule has 1 atom stereocenters. The molecular formula is C16H26IN3. The van der Waals surface area contributed by atoms with Crippen molar-refractivity contribution in [1.82, 2.24) is 5.32 Å². The van der Waals surface area contributed by atoms with E-state index >= 15 is 0 Å². The average Bonchev–Trinajstić information content (AvgIpc) is 3.18. The van der Waals surface area contributed by atoms with Crippen molar-refractivity contribution >= 4 is 29.9 Å². The molecule has 0 bridgehead atoms. The monoisotopic (exact) mass is 387 g/mol. The van der Waals surface area contributed by atoms with E-state index in [1.807, 2.05) is 0 Å². The minimum Gasteiger partial charge on any atom is -0.370 e. The first-order valence-electron chi connectivity index (χ1n) is 7.24. The van der Waals surface area contributed by atoms with Crippen molar-refractivity contribution < 1.29 is 0 Å². The van der Waals surface area contributed by atoms with Gasteiger partial charge in [0, 0.05) is 12.6 Å². The van der Waals surface area contributed by atoms with Gasteiger partial charge in [-0.15, -0.1) is 24.0 Å². The highest BCUT2D eigenvalue weighted by molar-refractivity contribution is 14.0. The second-order valence-corrected chi connectivity index (χ2v) is 5.82. The summed E-state index contributed by atoms with van der Waals surface area (Å²) in [6, 6.07) is 11.1. The molecule has 0 radical (unpaired) electrons. The number of hydrogen-bond acceptors (Lipinski definition) is 1. The molecule has 2 rings (SSSR count). The van der Waals surface area contributed by atoms with E-state index in [-0.39, 0.29) is 24.0 Å². The van der Waals surface area contributed by atoms with Gasteiger partial charge in [0.05, 0.1) is 0 Å². The number of hydrogen-bond donors (Lipinski definition) is 2. The van der Waals surface area contributed by atoms with Gasteiger partial charge in [-0.05, 0) is 43.6 Å².